The minimum atomic E-state index is -0.985. The molecular weight excluding hydrogens is 248 g/mol. The SMILES string of the molecule is CCN1C(=O)C(C)(C)c2c(F)c(C3CC3)cc(F)c21. The number of carbonyl (C=O) groups excluding carboxylic acids is 1. The quantitative estimate of drug-likeness (QED) is 0.801. The molecule has 2 nitrogen and oxygen atoms in total. The van der Waals surface area contributed by atoms with Crippen LogP contribution in [0.4, 0.5) is 14.5 Å². The lowest BCUT2D eigenvalue weighted by Crippen LogP contribution is -2.36. The second kappa shape index (κ2) is 3.78. The Morgan fingerprint density at radius 1 is 1.37 bits per heavy atom. The average molecular weight is 265 g/mol. The molecule has 0 aromatic heterocycles. The Bertz CT molecular complexity index is 576. The van der Waals surface area contributed by atoms with Crippen LogP contribution in [0.2, 0.25) is 0 Å². The topological polar surface area (TPSA) is 20.3 Å². The zero-order chi connectivity index (χ0) is 13.9. The number of benzene rings is 1. The number of amides is 1. The fraction of sp³-hybridized carbons (Fsp3) is 0.533. The summed E-state index contributed by atoms with van der Waals surface area (Å²) >= 11 is 0. The summed E-state index contributed by atoms with van der Waals surface area (Å²) in [5, 5.41) is 0. The molecule has 1 aliphatic heterocycles. The highest BCUT2D eigenvalue weighted by Crippen LogP contribution is 2.49. The van der Waals surface area contributed by atoms with Gasteiger partial charge in [0.2, 0.25) is 5.91 Å². The first-order valence-electron chi connectivity index (χ1n) is 6.74. The zero-order valence-electron chi connectivity index (χ0n) is 11.4. The Balaban J connectivity index is 2.29. The third kappa shape index (κ3) is 1.55. The smallest absolute Gasteiger partial charge is 0.237 e. The molecule has 1 heterocycles. The zero-order valence-corrected chi connectivity index (χ0v) is 11.4. The Morgan fingerprint density at radius 2 is 2.00 bits per heavy atom. The standard InChI is InChI=1S/C15H17F2NO/c1-4-18-13-10(16)7-9(8-5-6-8)12(17)11(13)15(2,3)14(18)19/h7-8H,4-6H2,1-3H3. The molecule has 0 saturated heterocycles. The van der Waals surface area contributed by atoms with Gasteiger partial charge in [0.15, 0.2) is 0 Å². The summed E-state index contributed by atoms with van der Waals surface area (Å²) in [6, 6.07) is 1.28. The first kappa shape index (κ1) is 12.6. The molecule has 3 rings (SSSR count). The average Bonchev–Trinajstić information content (AvgIpc) is 3.14. The van der Waals surface area contributed by atoms with Crippen LogP contribution in [-0.2, 0) is 10.2 Å². The van der Waals surface area contributed by atoms with Crippen molar-refractivity contribution in [3.63, 3.8) is 0 Å². The first-order valence-corrected chi connectivity index (χ1v) is 6.74. The van der Waals surface area contributed by atoms with E-state index >= 15 is 0 Å². The van der Waals surface area contributed by atoms with Gasteiger partial charge in [-0.1, -0.05) is 0 Å². The maximum Gasteiger partial charge on any atom is 0.237 e. The molecule has 19 heavy (non-hydrogen) atoms. The maximum absolute atomic E-state index is 14.7. The number of rotatable bonds is 2. The van der Waals surface area contributed by atoms with E-state index in [1.54, 1.807) is 20.8 Å². The number of hydrogen-bond acceptors (Lipinski definition) is 1. The predicted molar refractivity (Wildman–Crippen MR) is 69.4 cm³/mol. The first-order chi connectivity index (χ1) is 8.89. The molecule has 1 saturated carbocycles. The Hall–Kier alpha value is -1.45. The van der Waals surface area contributed by atoms with Crippen LogP contribution in [0, 0.1) is 11.6 Å². The Labute approximate surface area is 111 Å². The molecule has 0 spiro atoms. The van der Waals surface area contributed by atoms with E-state index in [2.05, 4.69) is 0 Å². The van der Waals surface area contributed by atoms with E-state index in [4.69, 9.17) is 0 Å². The van der Waals surface area contributed by atoms with E-state index < -0.39 is 11.2 Å². The lowest BCUT2D eigenvalue weighted by Gasteiger charge is -2.18. The molecule has 0 unspecified atom stereocenters. The van der Waals surface area contributed by atoms with E-state index in [1.165, 1.54) is 11.0 Å². The van der Waals surface area contributed by atoms with Crippen molar-refractivity contribution < 1.29 is 13.6 Å². The van der Waals surface area contributed by atoms with Crippen LogP contribution in [0.15, 0.2) is 6.07 Å². The normalized spacial score (nSPS) is 20.9. The lowest BCUT2D eigenvalue weighted by atomic mass is 9.84. The molecule has 1 aromatic carbocycles. The van der Waals surface area contributed by atoms with Crippen LogP contribution in [0.3, 0.4) is 0 Å². The van der Waals surface area contributed by atoms with Crippen molar-refractivity contribution in [1.29, 1.82) is 0 Å². The van der Waals surface area contributed by atoms with Crippen LogP contribution in [0.5, 0.6) is 0 Å². The van der Waals surface area contributed by atoms with Crippen LogP contribution in [0.25, 0.3) is 0 Å². The van der Waals surface area contributed by atoms with Gasteiger partial charge in [-0.2, -0.15) is 0 Å². The Morgan fingerprint density at radius 3 is 2.53 bits per heavy atom. The van der Waals surface area contributed by atoms with Gasteiger partial charge in [0.1, 0.15) is 11.6 Å². The number of carbonyl (C=O) groups is 1. The minimum absolute atomic E-state index is 0.126. The van der Waals surface area contributed by atoms with Gasteiger partial charge in [0.05, 0.1) is 11.1 Å². The highest BCUT2D eigenvalue weighted by Gasteiger charge is 2.48. The van der Waals surface area contributed by atoms with Crippen molar-refractivity contribution in [3.05, 3.63) is 28.8 Å². The summed E-state index contributed by atoms with van der Waals surface area (Å²) in [4.78, 5) is 13.7. The molecule has 1 aliphatic carbocycles. The van der Waals surface area contributed by atoms with Crippen LogP contribution >= 0.6 is 0 Å². The minimum Gasteiger partial charge on any atom is -0.309 e. The molecule has 1 fully saturated rings. The fourth-order valence-corrected chi connectivity index (χ4v) is 3.01. The second-order valence-corrected chi connectivity index (χ2v) is 5.93. The molecule has 1 amide bonds. The highest BCUT2D eigenvalue weighted by atomic mass is 19.1. The molecule has 1 aromatic rings. The van der Waals surface area contributed by atoms with Crippen molar-refractivity contribution in [2.24, 2.45) is 0 Å². The van der Waals surface area contributed by atoms with E-state index in [1.807, 2.05) is 0 Å². The molecule has 0 radical (unpaired) electrons. The van der Waals surface area contributed by atoms with Gasteiger partial charge in [0.25, 0.3) is 0 Å². The monoisotopic (exact) mass is 265 g/mol. The van der Waals surface area contributed by atoms with Gasteiger partial charge >= 0.3 is 0 Å². The molecule has 0 atom stereocenters. The fourth-order valence-electron chi connectivity index (χ4n) is 3.01. The van der Waals surface area contributed by atoms with Crippen molar-refractivity contribution in [2.75, 3.05) is 11.4 Å². The molecule has 102 valence electrons. The van der Waals surface area contributed by atoms with E-state index in [-0.39, 0.29) is 28.9 Å². The summed E-state index contributed by atoms with van der Waals surface area (Å²) in [6.45, 7) is 5.47. The number of nitrogens with zero attached hydrogens (tertiary/aromatic N) is 1. The molecular formula is C15H17F2NO. The third-order valence-electron chi connectivity index (χ3n) is 4.23. The van der Waals surface area contributed by atoms with Crippen molar-refractivity contribution in [3.8, 4) is 0 Å². The van der Waals surface area contributed by atoms with Gasteiger partial charge in [-0.25, -0.2) is 8.78 Å². The largest absolute Gasteiger partial charge is 0.309 e. The molecule has 0 bridgehead atoms. The number of anilines is 1. The molecule has 0 N–H and O–H groups in total. The highest BCUT2D eigenvalue weighted by molar-refractivity contribution is 6.07. The van der Waals surface area contributed by atoms with Crippen LogP contribution < -0.4 is 4.90 Å². The van der Waals surface area contributed by atoms with Crippen molar-refractivity contribution in [1.82, 2.24) is 0 Å². The lowest BCUT2D eigenvalue weighted by molar-refractivity contribution is -0.122. The number of hydrogen-bond donors (Lipinski definition) is 0. The Kier molecular flexibility index (Phi) is 2.50. The van der Waals surface area contributed by atoms with Crippen molar-refractivity contribution >= 4 is 11.6 Å². The van der Waals surface area contributed by atoms with E-state index in [0.717, 1.165) is 12.8 Å². The van der Waals surface area contributed by atoms with Crippen molar-refractivity contribution in [2.45, 2.75) is 44.9 Å². The number of halogens is 2. The summed E-state index contributed by atoms with van der Waals surface area (Å²) in [6.07, 6.45) is 1.81. The number of likely N-dealkylation sites (N-methyl/N-ethyl adjacent to an activating group) is 1. The summed E-state index contributed by atoms with van der Waals surface area (Å²) < 4.78 is 29.0. The van der Waals surface area contributed by atoms with E-state index in [0.29, 0.717) is 12.1 Å². The molecule has 2 aliphatic rings. The van der Waals surface area contributed by atoms with Crippen LogP contribution in [-0.4, -0.2) is 12.5 Å². The number of fused-ring (bicyclic) bond motifs is 1. The third-order valence-corrected chi connectivity index (χ3v) is 4.23. The van der Waals surface area contributed by atoms with E-state index in [9.17, 15) is 13.6 Å². The second-order valence-electron chi connectivity index (χ2n) is 5.93. The summed E-state index contributed by atoms with van der Waals surface area (Å²) in [5.74, 6) is -0.954. The molecule has 4 heteroatoms. The van der Waals surface area contributed by atoms with Crippen LogP contribution in [0.1, 0.15) is 50.7 Å². The van der Waals surface area contributed by atoms with Gasteiger partial charge in [-0.3, -0.25) is 4.79 Å². The van der Waals surface area contributed by atoms with Gasteiger partial charge in [0, 0.05) is 12.1 Å². The summed E-state index contributed by atoms with van der Waals surface area (Å²) in [7, 11) is 0. The maximum atomic E-state index is 14.7. The van der Waals surface area contributed by atoms with Gasteiger partial charge in [-0.15, -0.1) is 0 Å². The predicted octanol–water partition coefficient (Wildman–Crippen LogP) is 3.49. The van der Waals surface area contributed by atoms with Gasteiger partial charge < -0.3 is 4.90 Å². The summed E-state index contributed by atoms with van der Waals surface area (Å²) in [5.41, 5.74) is -0.169. The van der Waals surface area contributed by atoms with Gasteiger partial charge in [-0.05, 0) is 51.2 Å².